The molecule has 0 fully saturated rings. The van der Waals surface area contributed by atoms with Gasteiger partial charge in [-0.3, -0.25) is 0 Å². The molecule has 0 saturated carbocycles. The Labute approximate surface area is 116 Å². The van der Waals surface area contributed by atoms with Crippen LogP contribution in [0.15, 0.2) is 47.6 Å². The highest BCUT2D eigenvalue weighted by Gasteiger charge is 2.21. The van der Waals surface area contributed by atoms with Crippen molar-refractivity contribution in [3.05, 3.63) is 65.0 Å². The van der Waals surface area contributed by atoms with E-state index in [2.05, 4.69) is 5.16 Å². The van der Waals surface area contributed by atoms with E-state index in [9.17, 15) is 4.39 Å². The zero-order chi connectivity index (χ0) is 13.9. The standard InChI is InChI=1S/C16H14FNO2/c17-12-4-1-3-11(9-12)10-20-16-6-2-5-13-14(16)7-8-15(13)18-19/h1-6,9,19H,7-8,10H2. The second-order valence-electron chi connectivity index (χ2n) is 4.75. The average Bonchev–Trinajstić information content (AvgIpc) is 2.89. The van der Waals surface area contributed by atoms with Crippen molar-refractivity contribution in [3.8, 4) is 5.75 Å². The van der Waals surface area contributed by atoms with E-state index in [1.807, 2.05) is 24.3 Å². The summed E-state index contributed by atoms with van der Waals surface area (Å²) in [4.78, 5) is 0. The number of nitrogens with zero attached hydrogens (tertiary/aromatic N) is 1. The van der Waals surface area contributed by atoms with Gasteiger partial charge in [0, 0.05) is 11.1 Å². The molecule has 0 unspecified atom stereocenters. The first-order chi connectivity index (χ1) is 9.78. The molecule has 20 heavy (non-hydrogen) atoms. The molecule has 4 heteroatoms. The lowest BCUT2D eigenvalue weighted by Gasteiger charge is -2.10. The minimum Gasteiger partial charge on any atom is -0.489 e. The van der Waals surface area contributed by atoms with Gasteiger partial charge in [0.25, 0.3) is 0 Å². The Bertz CT molecular complexity index is 667. The number of halogens is 1. The van der Waals surface area contributed by atoms with Crippen LogP contribution in [0.25, 0.3) is 0 Å². The minimum atomic E-state index is -0.265. The summed E-state index contributed by atoms with van der Waals surface area (Å²) in [7, 11) is 0. The van der Waals surface area contributed by atoms with Crippen LogP contribution >= 0.6 is 0 Å². The highest BCUT2D eigenvalue weighted by atomic mass is 19.1. The smallest absolute Gasteiger partial charge is 0.123 e. The lowest BCUT2D eigenvalue weighted by molar-refractivity contribution is 0.302. The number of hydrogen-bond acceptors (Lipinski definition) is 3. The van der Waals surface area contributed by atoms with Crippen LogP contribution in [0, 0.1) is 5.82 Å². The molecule has 1 aliphatic rings. The summed E-state index contributed by atoms with van der Waals surface area (Å²) in [5, 5.41) is 12.3. The lowest BCUT2D eigenvalue weighted by atomic mass is 10.1. The molecule has 0 spiro atoms. The number of hydrogen-bond donors (Lipinski definition) is 1. The molecule has 2 aromatic carbocycles. The molecule has 0 bridgehead atoms. The summed E-state index contributed by atoms with van der Waals surface area (Å²) in [5.41, 5.74) is 3.47. The number of benzene rings is 2. The molecule has 0 aromatic heterocycles. The molecule has 2 aromatic rings. The van der Waals surface area contributed by atoms with Gasteiger partial charge in [-0.15, -0.1) is 0 Å². The van der Waals surface area contributed by atoms with Crippen molar-refractivity contribution in [1.82, 2.24) is 0 Å². The first-order valence-corrected chi connectivity index (χ1v) is 6.48. The number of oxime groups is 1. The average molecular weight is 271 g/mol. The Morgan fingerprint density at radius 3 is 2.80 bits per heavy atom. The second-order valence-corrected chi connectivity index (χ2v) is 4.75. The van der Waals surface area contributed by atoms with Gasteiger partial charge >= 0.3 is 0 Å². The van der Waals surface area contributed by atoms with Gasteiger partial charge in [-0.05, 0) is 36.6 Å². The van der Waals surface area contributed by atoms with Crippen molar-refractivity contribution < 1.29 is 14.3 Å². The Balaban J connectivity index is 1.81. The highest BCUT2D eigenvalue weighted by Crippen LogP contribution is 2.31. The molecule has 0 saturated heterocycles. The summed E-state index contributed by atoms with van der Waals surface area (Å²) < 4.78 is 18.9. The monoisotopic (exact) mass is 271 g/mol. The van der Waals surface area contributed by atoms with E-state index >= 15 is 0 Å². The van der Waals surface area contributed by atoms with Crippen LogP contribution in [-0.2, 0) is 13.0 Å². The van der Waals surface area contributed by atoms with Gasteiger partial charge < -0.3 is 9.94 Å². The first kappa shape index (κ1) is 12.7. The van der Waals surface area contributed by atoms with E-state index in [0.29, 0.717) is 18.7 Å². The summed E-state index contributed by atoms with van der Waals surface area (Å²) in [5.74, 6) is 0.504. The van der Waals surface area contributed by atoms with Crippen molar-refractivity contribution in [1.29, 1.82) is 0 Å². The van der Waals surface area contributed by atoms with Crippen molar-refractivity contribution in [2.45, 2.75) is 19.4 Å². The maximum Gasteiger partial charge on any atom is 0.123 e. The van der Waals surface area contributed by atoms with Crippen LogP contribution < -0.4 is 4.74 Å². The fraction of sp³-hybridized carbons (Fsp3) is 0.188. The van der Waals surface area contributed by atoms with E-state index in [1.165, 1.54) is 12.1 Å². The zero-order valence-corrected chi connectivity index (χ0v) is 10.8. The molecule has 0 amide bonds. The molecule has 0 aliphatic heterocycles. The molecule has 1 aliphatic carbocycles. The highest BCUT2D eigenvalue weighted by molar-refractivity contribution is 6.04. The van der Waals surface area contributed by atoms with Gasteiger partial charge in [0.05, 0.1) is 5.71 Å². The van der Waals surface area contributed by atoms with Crippen LogP contribution in [0.4, 0.5) is 4.39 Å². The molecule has 3 nitrogen and oxygen atoms in total. The van der Waals surface area contributed by atoms with Gasteiger partial charge in [-0.1, -0.05) is 29.4 Å². The molecule has 0 heterocycles. The van der Waals surface area contributed by atoms with Crippen LogP contribution in [0.5, 0.6) is 5.75 Å². The predicted octanol–water partition coefficient (Wildman–Crippen LogP) is 3.53. The molecule has 0 atom stereocenters. The Kier molecular flexibility index (Phi) is 3.37. The van der Waals surface area contributed by atoms with Crippen LogP contribution in [0.2, 0.25) is 0 Å². The summed E-state index contributed by atoms with van der Waals surface area (Å²) >= 11 is 0. The summed E-state index contributed by atoms with van der Waals surface area (Å²) in [6, 6.07) is 12.0. The SMILES string of the molecule is ON=C1CCc2c(OCc3cccc(F)c3)cccc21. The van der Waals surface area contributed by atoms with Crippen molar-refractivity contribution in [2.24, 2.45) is 5.16 Å². The topological polar surface area (TPSA) is 41.8 Å². The number of fused-ring (bicyclic) bond motifs is 1. The Morgan fingerprint density at radius 2 is 2.00 bits per heavy atom. The van der Waals surface area contributed by atoms with E-state index in [4.69, 9.17) is 9.94 Å². The molecule has 3 rings (SSSR count). The maximum absolute atomic E-state index is 13.1. The fourth-order valence-corrected chi connectivity index (χ4v) is 2.50. The normalized spacial score (nSPS) is 15.3. The Morgan fingerprint density at radius 1 is 1.15 bits per heavy atom. The molecule has 1 N–H and O–H groups in total. The molecular formula is C16H14FNO2. The third-order valence-electron chi connectivity index (χ3n) is 3.46. The van der Waals surface area contributed by atoms with Crippen LogP contribution in [0.1, 0.15) is 23.1 Å². The van der Waals surface area contributed by atoms with E-state index in [0.717, 1.165) is 28.9 Å². The van der Waals surface area contributed by atoms with E-state index in [1.54, 1.807) is 6.07 Å². The van der Waals surface area contributed by atoms with Crippen molar-refractivity contribution in [3.63, 3.8) is 0 Å². The fourth-order valence-electron chi connectivity index (χ4n) is 2.50. The molecule has 0 radical (unpaired) electrons. The summed E-state index contributed by atoms with van der Waals surface area (Å²) in [6.07, 6.45) is 1.51. The van der Waals surface area contributed by atoms with Gasteiger partial charge in [-0.25, -0.2) is 4.39 Å². The van der Waals surface area contributed by atoms with Gasteiger partial charge in [0.1, 0.15) is 18.2 Å². The van der Waals surface area contributed by atoms with Gasteiger partial charge in [0.15, 0.2) is 0 Å². The lowest BCUT2D eigenvalue weighted by Crippen LogP contribution is -1.99. The van der Waals surface area contributed by atoms with Crippen LogP contribution in [0.3, 0.4) is 0 Å². The molecular weight excluding hydrogens is 257 g/mol. The van der Waals surface area contributed by atoms with E-state index in [-0.39, 0.29) is 5.82 Å². The Hall–Kier alpha value is -2.36. The predicted molar refractivity (Wildman–Crippen MR) is 73.8 cm³/mol. The summed E-state index contributed by atoms with van der Waals surface area (Å²) in [6.45, 7) is 0.319. The third kappa shape index (κ3) is 2.37. The van der Waals surface area contributed by atoms with E-state index < -0.39 is 0 Å². The van der Waals surface area contributed by atoms with Crippen molar-refractivity contribution in [2.75, 3.05) is 0 Å². The second kappa shape index (κ2) is 5.33. The zero-order valence-electron chi connectivity index (χ0n) is 10.8. The third-order valence-corrected chi connectivity index (χ3v) is 3.46. The number of rotatable bonds is 3. The quantitative estimate of drug-likeness (QED) is 0.685. The van der Waals surface area contributed by atoms with Crippen molar-refractivity contribution >= 4 is 5.71 Å². The van der Waals surface area contributed by atoms with Gasteiger partial charge in [-0.2, -0.15) is 0 Å². The first-order valence-electron chi connectivity index (χ1n) is 6.48. The molecule has 102 valence electrons. The van der Waals surface area contributed by atoms with Crippen LogP contribution in [-0.4, -0.2) is 10.9 Å². The maximum atomic E-state index is 13.1. The number of ether oxygens (including phenoxy) is 1. The van der Waals surface area contributed by atoms with Gasteiger partial charge in [0.2, 0.25) is 0 Å². The largest absolute Gasteiger partial charge is 0.489 e. The minimum absolute atomic E-state index is 0.265.